The number of hydrogen-bond acceptors (Lipinski definition) is 5. The topological polar surface area (TPSA) is 51.9 Å². The fourth-order valence-electron chi connectivity index (χ4n) is 3.21. The van der Waals surface area contributed by atoms with Crippen molar-refractivity contribution in [2.24, 2.45) is 5.16 Å². The summed E-state index contributed by atoms with van der Waals surface area (Å²) in [6.07, 6.45) is 5.51. The second-order valence-electron chi connectivity index (χ2n) is 6.62. The molecule has 0 aliphatic carbocycles. The standard InChI is InChI=1S/C21H24N4O2/c1-2-4-19-15-20(6-5-18(19)3-1)21(16-25-8-7-22-17-25)23-27-14-11-24-9-12-26-13-10-24/h1-8,15,17H,9-14,16H2/b23-21-. The highest BCUT2D eigenvalue weighted by molar-refractivity contribution is 6.03. The van der Waals surface area contributed by atoms with Gasteiger partial charge in [-0.25, -0.2) is 4.98 Å². The summed E-state index contributed by atoms with van der Waals surface area (Å²) < 4.78 is 7.38. The molecule has 1 aliphatic heterocycles. The molecule has 140 valence electrons. The van der Waals surface area contributed by atoms with Crippen LogP contribution in [0.3, 0.4) is 0 Å². The van der Waals surface area contributed by atoms with Gasteiger partial charge in [-0.1, -0.05) is 41.6 Å². The number of imidazole rings is 1. The van der Waals surface area contributed by atoms with E-state index in [1.54, 1.807) is 12.5 Å². The Hall–Kier alpha value is -2.70. The van der Waals surface area contributed by atoms with Crippen molar-refractivity contribution < 1.29 is 9.57 Å². The van der Waals surface area contributed by atoms with Crippen molar-refractivity contribution in [2.45, 2.75) is 6.54 Å². The van der Waals surface area contributed by atoms with E-state index in [1.807, 2.05) is 10.8 Å². The Balaban J connectivity index is 1.48. The van der Waals surface area contributed by atoms with Gasteiger partial charge in [0.15, 0.2) is 0 Å². The number of benzene rings is 2. The summed E-state index contributed by atoms with van der Waals surface area (Å²) in [7, 11) is 0. The molecule has 1 fully saturated rings. The summed E-state index contributed by atoms with van der Waals surface area (Å²) in [6, 6.07) is 14.7. The monoisotopic (exact) mass is 364 g/mol. The number of aromatic nitrogens is 2. The van der Waals surface area contributed by atoms with Crippen LogP contribution in [0.2, 0.25) is 0 Å². The van der Waals surface area contributed by atoms with E-state index in [4.69, 9.17) is 9.57 Å². The Morgan fingerprint density at radius 3 is 2.78 bits per heavy atom. The highest BCUT2D eigenvalue weighted by Gasteiger charge is 2.10. The molecular formula is C21H24N4O2. The van der Waals surface area contributed by atoms with Gasteiger partial charge in [-0.15, -0.1) is 0 Å². The van der Waals surface area contributed by atoms with E-state index < -0.39 is 0 Å². The number of oxime groups is 1. The zero-order chi connectivity index (χ0) is 18.3. The molecule has 6 heteroatoms. The van der Waals surface area contributed by atoms with E-state index in [1.165, 1.54) is 10.8 Å². The van der Waals surface area contributed by atoms with Crippen molar-refractivity contribution >= 4 is 16.5 Å². The van der Waals surface area contributed by atoms with Crippen molar-refractivity contribution in [1.82, 2.24) is 14.5 Å². The lowest BCUT2D eigenvalue weighted by molar-refractivity contribution is 0.0211. The highest BCUT2D eigenvalue weighted by Crippen LogP contribution is 2.17. The summed E-state index contributed by atoms with van der Waals surface area (Å²) in [4.78, 5) is 12.1. The molecule has 4 rings (SSSR count). The smallest absolute Gasteiger partial charge is 0.129 e. The van der Waals surface area contributed by atoms with Crippen molar-refractivity contribution in [3.05, 3.63) is 66.7 Å². The molecular weight excluding hydrogens is 340 g/mol. The molecule has 0 spiro atoms. The van der Waals surface area contributed by atoms with Gasteiger partial charge in [0, 0.05) is 37.6 Å². The van der Waals surface area contributed by atoms with Crippen LogP contribution in [0, 0.1) is 0 Å². The Labute approximate surface area is 159 Å². The van der Waals surface area contributed by atoms with Gasteiger partial charge in [-0.3, -0.25) is 4.90 Å². The van der Waals surface area contributed by atoms with Crippen LogP contribution in [0.25, 0.3) is 10.8 Å². The summed E-state index contributed by atoms with van der Waals surface area (Å²) in [5.41, 5.74) is 1.95. The van der Waals surface area contributed by atoms with Gasteiger partial charge in [0.2, 0.25) is 0 Å². The Morgan fingerprint density at radius 1 is 1.11 bits per heavy atom. The van der Waals surface area contributed by atoms with Crippen LogP contribution in [0.1, 0.15) is 5.56 Å². The Kier molecular flexibility index (Phi) is 5.76. The van der Waals surface area contributed by atoms with Crippen molar-refractivity contribution in [3.63, 3.8) is 0 Å². The van der Waals surface area contributed by atoms with Gasteiger partial charge < -0.3 is 14.1 Å². The SMILES string of the molecule is c1ccc2cc(/C(Cn3ccnc3)=N\OCCN3CCOCC3)ccc2c1. The van der Waals surface area contributed by atoms with Crippen LogP contribution < -0.4 is 0 Å². The number of morpholine rings is 1. The lowest BCUT2D eigenvalue weighted by Gasteiger charge is -2.25. The van der Waals surface area contributed by atoms with Gasteiger partial charge >= 0.3 is 0 Å². The van der Waals surface area contributed by atoms with Crippen molar-refractivity contribution in [3.8, 4) is 0 Å². The first-order valence-electron chi connectivity index (χ1n) is 9.32. The molecule has 2 aromatic carbocycles. The third kappa shape index (κ3) is 4.72. The summed E-state index contributed by atoms with van der Waals surface area (Å²) >= 11 is 0. The predicted molar refractivity (Wildman–Crippen MR) is 106 cm³/mol. The molecule has 2 heterocycles. The second kappa shape index (κ2) is 8.79. The highest BCUT2D eigenvalue weighted by atomic mass is 16.6. The lowest BCUT2D eigenvalue weighted by atomic mass is 10.0. The van der Waals surface area contributed by atoms with Gasteiger partial charge in [0.05, 0.1) is 26.1 Å². The molecule has 3 aromatic rings. The lowest BCUT2D eigenvalue weighted by Crippen LogP contribution is -2.38. The Morgan fingerprint density at radius 2 is 1.96 bits per heavy atom. The molecule has 27 heavy (non-hydrogen) atoms. The third-order valence-corrected chi connectivity index (χ3v) is 4.75. The maximum atomic E-state index is 5.69. The number of rotatable bonds is 7. The first-order valence-corrected chi connectivity index (χ1v) is 9.32. The van der Waals surface area contributed by atoms with E-state index in [-0.39, 0.29) is 0 Å². The van der Waals surface area contributed by atoms with Crippen LogP contribution >= 0.6 is 0 Å². The molecule has 0 saturated carbocycles. The van der Waals surface area contributed by atoms with Crippen LogP contribution in [-0.4, -0.2) is 59.6 Å². The van der Waals surface area contributed by atoms with Crippen LogP contribution in [0.4, 0.5) is 0 Å². The molecule has 0 atom stereocenters. The fourth-order valence-corrected chi connectivity index (χ4v) is 3.21. The number of fused-ring (bicyclic) bond motifs is 1. The predicted octanol–water partition coefficient (Wildman–Crippen LogP) is 2.79. The number of hydrogen-bond donors (Lipinski definition) is 0. The molecule has 0 unspecified atom stereocenters. The van der Waals surface area contributed by atoms with Gasteiger partial charge in [0.1, 0.15) is 12.3 Å². The summed E-state index contributed by atoms with van der Waals surface area (Å²) in [6.45, 7) is 5.57. The first kappa shape index (κ1) is 17.7. The quantitative estimate of drug-likeness (QED) is 0.367. The summed E-state index contributed by atoms with van der Waals surface area (Å²) in [5.74, 6) is 0. The molecule has 0 amide bonds. The second-order valence-corrected chi connectivity index (χ2v) is 6.62. The van der Waals surface area contributed by atoms with E-state index in [9.17, 15) is 0 Å². The van der Waals surface area contributed by atoms with Crippen molar-refractivity contribution in [2.75, 3.05) is 39.5 Å². The minimum Gasteiger partial charge on any atom is -0.394 e. The number of nitrogens with zero attached hydrogens (tertiary/aromatic N) is 4. The molecule has 1 aliphatic rings. The molecule has 0 bridgehead atoms. The van der Waals surface area contributed by atoms with Crippen molar-refractivity contribution in [1.29, 1.82) is 0 Å². The molecule has 1 aromatic heterocycles. The van der Waals surface area contributed by atoms with Gasteiger partial charge in [0.25, 0.3) is 0 Å². The zero-order valence-electron chi connectivity index (χ0n) is 15.3. The summed E-state index contributed by atoms with van der Waals surface area (Å²) in [5, 5.41) is 6.89. The molecule has 1 saturated heterocycles. The number of ether oxygens (including phenoxy) is 1. The third-order valence-electron chi connectivity index (χ3n) is 4.75. The molecule has 0 N–H and O–H groups in total. The maximum Gasteiger partial charge on any atom is 0.129 e. The minimum atomic E-state index is 0.570. The van der Waals surface area contributed by atoms with E-state index in [2.05, 4.69) is 57.5 Å². The normalized spacial score (nSPS) is 15.9. The zero-order valence-corrected chi connectivity index (χ0v) is 15.3. The fraction of sp³-hybridized carbons (Fsp3) is 0.333. The van der Waals surface area contributed by atoms with E-state index >= 15 is 0 Å². The average Bonchev–Trinajstić information content (AvgIpc) is 3.24. The average molecular weight is 364 g/mol. The van der Waals surface area contributed by atoms with E-state index in [0.29, 0.717) is 13.2 Å². The minimum absolute atomic E-state index is 0.570. The van der Waals surface area contributed by atoms with Gasteiger partial charge in [-0.2, -0.15) is 0 Å². The molecule has 0 radical (unpaired) electrons. The largest absolute Gasteiger partial charge is 0.394 e. The first-order chi connectivity index (χ1) is 13.4. The maximum absolute atomic E-state index is 5.69. The van der Waals surface area contributed by atoms with E-state index in [0.717, 1.165) is 44.1 Å². The van der Waals surface area contributed by atoms with Crippen LogP contribution in [0.5, 0.6) is 0 Å². The Bertz CT molecular complexity index is 886. The van der Waals surface area contributed by atoms with Gasteiger partial charge in [-0.05, 0) is 16.8 Å². The molecule has 6 nitrogen and oxygen atoms in total. The van der Waals surface area contributed by atoms with Crippen LogP contribution in [0.15, 0.2) is 66.3 Å². The van der Waals surface area contributed by atoms with Crippen LogP contribution in [-0.2, 0) is 16.1 Å².